The average Bonchev–Trinajstić information content (AvgIpc) is 3.27. The predicted octanol–water partition coefficient (Wildman–Crippen LogP) is 3.40. The van der Waals surface area contributed by atoms with Crippen LogP contribution in [0.2, 0.25) is 0 Å². The zero-order chi connectivity index (χ0) is 18.1. The first-order valence-corrected chi connectivity index (χ1v) is 9.42. The molecule has 0 atom stereocenters. The summed E-state index contributed by atoms with van der Waals surface area (Å²) in [4.78, 5) is 8.80. The topological polar surface area (TPSA) is 83.8 Å². The van der Waals surface area contributed by atoms with Crippen molar-refractivity contribution in [2.24, 2.45) is 0 Å². The number of H-pyrrole nitrogens is 1. The van der Waals surface area contributed by atoms with Crippen molar-refractivity contribution in [1.29, 1.82) is 0 Å². The molecule has 4 aromatic rings. The third-order valence-electron chi connectivity index (χ3n) is 5.16. The number of pyridine rings is 1. The Kier molecular flexibility index (Phi) is 4.04. The van der Waals surface area contributed by atoms with Gasteiger partial charge in [-0.15, -0.1) is 0 Å². The summed E-state index contributed by atoms with van der Waals surface area (Å²) in [6, 6.07) is 7.87. The Labute approximate surface area is 156 Å². The molecule has 4 heterocycles. The summed E-state index contributed by atoms with van der Waals surface area (Å²) in [7, 11) is 0. The number of fused-ring (bicyclic) bond motifs is 2. The highest BCUT2D eigenvalue weighted by molar-refractivity contribution is 5.66. The average molecular weight is 359 g/mol. The van der Waals surface area contributed by atoms with Crippen molar-refractivity contribution in [3.63, 3.8) is 0 Å². The van der Waals surface area contributed by atoms with Gasteiger partial charge in [-0.3, -0.25) is 10.1 Å². The maximum Gasteiger partial charge on any atom is 0.157 e. The van der Waals surface area contributed by atoms with Crippen LogP contribution in [0.3, 0.4) is 0 Å². The monoisotopic (exact) mass is 359 g/mol. The molecule has 7 nitrogen and oxygen atoms in total. The molecule has 0 bridgehead atoms. The molecule has 0 fully saturated rings. The van der Waals surface area contributed by atoms with E-state index in [1.807, 2.05) is 28.8 Å². The smallest absolute Gasteiger partial charge is 0.157 e. The summed E-state index contributed by atoms with van der Waals surface area (Å²) in [5.41, 5.74) is 6.54. The number of anilines is 1. The zero-order valence-electron chi connectivity index (χ0n) is 15.0. The van der Waals surface area contributed by atoms with Gasteiger partial charge >= 0.3 is 0 Å². The Hall–Kier alpha value is -3.22. The molecule has 2 N–H and O–H groups in total. The minimum Gasteiger partial charge on any atom is -0.364 e. The second-order valence-electron chi connectivity index (χ2n) is 6.91. The summed E-state index contributed by atoms with van der Waals surface area (Å²) in [6.07, 6.45) is 11.3. The molecule has 4 aromatic heterocycles. The van der Waals surface area contributed by atoms with E-state index in [0.717, 1.165) is 41.3 Å². The van der Waals surface area contributed by atoms with E-state index in [2.05, 4.69) is 25.6 Å². The lowest BCUT2D eigenvalue weighted by atomic mass is 10.1. The number of nitrogens with one attached hydrogen (secondary N) is 2. The Bertz CT molecular complexity index is 1060. The Morgan fingerprint density at radius 3 is 2.85 bits per heavy atom. The third-order valence-corrected chi connectivity index (χ3v) is 5.16. The van der Waals surface area contributed by atoms with Crippen molar-refractivity contribution in [2.45, 2.75) is 38.6 Å². The van der Waals surface area contributed by atoms with Gasteiger partial charge in [0.1, 0.15) is 5.82 Å². The van der Waals surface area contributed by atoms with Crippen LogP contribution in [0.4, 0.5) is 5.82 Å². The molecular formula is C20H21N7. The molecule has 0 unspecified atom stereocenters. The first-order valence-electron chi connectivity index (χ1n) is 9.42. The van der Waals surface area contributed by atoms with Gasteiger partial charge in [-0.2, -0.15) is 14.7 Å². The lowest BCUT2D eigenvalue weighted by Gasteiger charge is -2.11. The maximum absolute atomic E-state index is 4.70. The highest BCUT2D eigenvalue weighted by Crippen LogP contribution is 2.24. The van der Waals surface area contributed by atoms with E-state index in [1.54, 1.807) is 18.6 Å². The second-order valence-corrected chi connectivity index (χ2v) is 6.91. The summed E-state index contributed by atoms with van der Waals surface area (Å²) < 4.78 is 1.83. The first-order chi connectivity index (χ1) is 13.4. The van der Waals surface area contributed by atoms with Gasteiger partial charge in [0.15, 0.2) is 5.65 Å². The van der Waals surface area contributed by atoms with Crippen LogP contribution >= 0.6 is 0 Å². The van der Waals surface area contributed by atoms with Crippen molar-refractivity contribution >= 4 is 11.5 Å². The van der Waals surface area contributed by atoms with E-state index < -0.39 is 0 Å². The van der Waals surface area contributed by atoms with Gasteiger partial charge in [0.2, 0.25) is 0 Å². The van der Waals surface area contributed by atoms with Crippen LogP contribution in [-0.4, -0.2) is 29.8 Å². The van der Waals surface area contributed by atoms with Crippen molar-refractivity contribution in [2.75, 3.05) is 5.32 Å². The molecule has 0 aromatic carbocycles. The predicted molar refractivity (Wildman–Crippen MR) is 103 cm³/mol. The molecule has 5 rings (SSSR count). The van der Waals surface area contributed by atoms with E-state index in [4.69, 9.17) is 4.98 Å². The van der Waals surface area contributed by atoms with Crippen LogP contribution < -0.4 is 5.32 Å². The highest BCUT2D eigenvalue weighted by Gasteiger charge is 2.16. The van der Waals surface area contributed by atoms with Crippen LogP contribution in [-0.2, 0) is 19.4 Å². The molecule has 0 spiro atoms. The minimum absolute atomic E-state index is 0.667. The summed E-state index contributed by atoms with van der Waals surface area (Å²) >= 11 is 0. The molecule has 1 aliphatic carbocycles. The number of rotatable bonds is 4. The van der Waals surface area contributed by atoms with Crippen molar-refractivity contribution < 1.29 is 0 Å². The van der Waals surface area contributed by atoms with E-state index in [-0.39, 0.29) is 0 Å². The number of hydrogen-bond donors (Lipinski definition) is 2. The van der Waals surface area contributed by atoms with E-state index >= 15 is 0 Å². The molecular weight excluding hydrogens is 338 g/mol. The van der Waals surface area contributed by atoms with Crippen molar-refractivity contribution in [3.05, 3.63) is 59.8 Å². The first kappa shape index (κ1) is 16.0. The van der Waals surface area contributed by atoms with Gasteiger partial charge in [0.25, 0.3) is 0 Å². The number of hydrogen-bond acceptors (Lipinski definition) is 5. The number of aromatic amines is 1. The van der Waals surface area contributed by atoms with Gasteiger partial charge < -0.3 is 5.32 Å². The van der Waals surface area contributed by atoms with Crippen LogP contribution in [0.25, 0.3) is 16.9 Å². The lowest BCUT2D eigenvalue weighted by molar-refractivity contribution is 0.699. The quantitative estimate of drug-likeness (QED) is 0.546. The molecule has 0 amide bonds. The van der Waals surface area contributed by atoms with Crippen LogP contribution in [0.15, 0.2) is 42.9 Å². The fourth-order valence-corrected chi connectivity index (χ4v) is 3.76. The molecule has 0 saturated carbocycles. The molecule has 0 aliphatic heterocycles. The van der Waals surface area contributed by atoms with Crippen LogP contribution in [0.1, 0.15) is 36.2 Å². The van der Waals surface area contributed by atoms with Crippen LogP contribution in [0, 0.1) is 0 Å². The van der Waals surface area contributed by atoms with Crippen molar-refractivity contribution in [3.8, 4) is 11.3 Å². The molecule has 136 valence electrons. The second kappa shape index (κ2) is 6.83. The van der Waals surface area contributed by atoms with Crippen molar-refractivity contribution in [1.82, 2.24) is 29.8 Å². The third kappa shape index (κ3) is 3.05. The number of nitrogens with zero attached hydrogens (tertiary/aromatic N) is 5. The zero-order valence-corrected chi connectivity index (χ0v) is 15.0. The van der Waals surface area contributed by atoms with Gasteiger partial charge in [-0.05, 0) is 43.4 Å². The van der Waals surface area contributed by atoms with E-state index in [9.17, 15) is 0 Å². The minimum atomic E-state index is 0.667. The van der Waals surface area contributed by atoms with Gasteiger partial charge in [-0.1, -0.05) is 6.42 Å². The molecule has 0 saturated heterocycles. The fourth-order valence-electron chi connectivity index (χ4n) is 3.76. The molecule has 7 heteroatoms. The summed E-state index contributed by atoms with van der Waals surface area (Å²) in [5.74, 6) is 0.905. The van der Waals surface area contributed by atoms with Gasteiger partial charge in [-0.25, -0.2) is 4.98 Å². The SMILES string of the molecule is c1cc(-c2cc(NCc3n[nH]c4c3CCCCC4)n3nccc3n2)ccn1. The lowest BCUT2D eigenvalue weighted by Crippen LogP contribution is -2.08. The molecule has 0 radical (unpaired) electrons. The molecule has 27 heavy (non-hydrogen) atoms. The normalized spacial score (nSPS) is 14.1. The van der Waals surface area contributed by atoms with Crippen LogP contribution in [0.5, 0.6) is 0 Å². The Morgan fingerprint density at radius 1 is 1.04 bits per heavy atom. The molecule has 1 aliphatic rings. The number of aromatic nitrogens is 6. The Balaban J connectivity index is 1.47. The maximum atomic E-state index is 4.70. The van der Waals surface area contributed by atoms with Gasteiger partial charge in [0.05, 0.1) is 24.1 Å². The summed E-state index contributed by atoms with van der Waals surface area (Å²) in [6.45, 7) is 0.667. The standard InChI is InChI=1S/C20H21N7/c1-2-4-15-16(5-3-1)25-26-18(15)13-22-20-12-17(14-6-9-21-10-7-14)24-19-8-11-23-27(19)20/h6-12,22H,1-5,13H2,(H,25,26). The van der Waals surface area contributed by atoms with E-state index in [0.29, 0.717) is 6.54 Å². The highest BCUT2D eigenvalue weighted by atomic mass is 15.3. The fraction of sp³-hybridized carbons (Fsp3) is 0.300. The van der Waals surface area contributed by atoms with Gasteiger partial charge in [0, 0.05) is 35.8 Å². The number of aryl methyl sites for hydroxylation is 1. The van der Waals surface area contributed by atoms with E-state index in [1.165, 1.54) is 30.5 Å². The summed E-state index contributed by atoms with van der Waals surface area (Å²) in [5, 5.41) is 15.7. The largest absolute Gasteiger partial charge is 0.364 e. The Morgan fingerprint density at radius 2 is 1.93 bits per heavy atom.